The van der Waals surface area contributed by atoms with Crippen LogP contribution >= 0.6 is 15.9 Å². The second kappa shape index (κ2) is 4.37. The van der Waals surface area contributed by atoms with Crippen LogP contribution in [-0.4, -0.2) is 19.3 Å². The molecule has 1 aromatic carbocycles. The molecule has 4 heteroatoms. The first-order chi connectivity index (χ1) is 6.24. The quantitative estimate of drug-likeness (QED) is 0.833. The summed E-state index contributed by atoms with van der Waals surface area (Å²) < 4.78 is 10.2. The lowest BCUT2D eigenvalue weighted by atomic mass is 10.2. The van der Waals surface area contributed by atoms with Gasteiger partial charge in [-0.15, -0.1) is 0 Å². The zero-order valence-corrected chi connectivity index (χ0v) is 9.09. The van der Waals surface area contributed by atoms with E-state index in [9.17, 15) is 5.11 Å². The fraction of sp³-hybridized carbons (Fsp3) is 0.333. The van der Waals surface area contributed by atoms with Crippen LogP contribution in [0, 0.1) is 0 Å². The van der Waals surface area contributed by atoms with E-state index in [2.05, 4.69) is 15.9 Å². The molecule has 0 aliphatic heterocycles. The zero-order valence-electron chi connectivity index (χ0n) is 7.50. The molecule has 13 heavy (non-hydrogen) atoms. The molecule has 0 radical (unpaired) electrons. The Bertz CT molecular complexity index is 299. The van der Waals surface area contributed by atoms with E-state index in [1.807, 2.05) is 0 Å². The van der Waals surface area contributed by atoms with Gasteiger partial charge in [-0.25, -0.2) is 0 Å². The van der Waals surface area contributed by atoms with Crippen molar-refractivity contribution < 1.29 is 14.6 Å². The summed E-state index contributed by atoms with van der Waals surface area (Å²) >= 11 is 3.27. The summed E-state index contributed by atoms with van der Waals surface area (Å²) in [5, 5.41) is 10.0. The van der Waals surface area contributed by atoms with Crippen LogP contribution in [0.2, 0.25) is 0 Å². The van der Waals surface area contributed by atoms with Crippen molar-refractivity contribution in [3.05, 3.63) is 17.7 Å². The number of ether oxygens (including phenoxy) is 2. The van der Waals surface area contributed by atoms with Crippen molar-refractivity contribution >= 4 is 15.9 Å². The van der Waals surface area contributed by atoms with E-state index < -0.39 is 0 Å². The molecular weight excluding hydrogens is 236 g/mol. The van der Waals surface area contributed by atoms with Gasteiger partial charge >= 0.3 is 0 Å². The van der Waals surface area contributed by atoms with Gasteiger partial charge in [0.15, 0.2) is 11.5 Å². The summed E-state index contributed by atoms with van der Waals surface area (Å²) in [6.45, 7) is 0. The molecule has 0 bridgehead atoms. The first kappa shape index (κ1) is 10.2. The first-order valence-electron chi connectivity index (χ1n) is 3.73. The Balaban J connectivity index is 3.27. The fourth-order valence-corrected chi connectivity index (χ4v) is 1.65. The third kappa shape index (κ3) is 1.88. The number of hydrogen-bond donors (Lipinski definition) is 1. The molecule has 0 spiro atoms. The standard InChI is InChI=1S/C9H11BrO3/c1-12-8-4-3-7(11)6(5-10)9(8)13-2/h3-4,11H,5H2,1-2H3. The number of methoxy groups -OCH3 is 2. The maximum atomic E-state index is 9.48. The number of benzene rings is 1. The predicted octanol–water partition coefficient (Wildman–Crippen LogP) is 2.30. The van der Waals surface area contributed by atoms with E-state index in [0.29, 0.717) is 22.4 Å². The minimum absolute atomic E-state index is 0.203. The van der Waals surface area contributed by atoms with Gasteiger partial charge in [-0.2, -0.15) is 0 Å². The van der Waals surface area contributed by atoms with Gasteiger partial charge in [0.05, 0.1) is 19.8 Å². The van der Waals surface area contributed by atoms with Crippen LogP contribution in [0.1, 0.15) is 5.56 Å². The van der Waals surface area contributed by atoms with Gasteiger partial charge in [0, 0.05) is 5.33 Å². The normalized spacial score (nSPS) is 9.77. The van der Waals surface area contributed by atoms with Crippen LogP contribution in [0.3, 0.4) is 0 Å². The van der Waals surface area contributed by atoms with Crippen molar-refractivity contribution in [1.29, 1.82) is 0 Å². The highest BCUT2D eigenvalue weighted by Gasteiger charge is 2.12. The van der Waals surface area contributed by atoms with E-state index in [4.69, 9.17) is 9.47 Å². The molecule has 0 atom stereocenters. The number of phenolic OH excluding ortho intramolecular Hbond substituents is 1. The Kier molecular flexibility index (Phi) is 3.42. The highest BCUT2D eigenvalue weighted by atomic mass is 79.9. The van der Waals surface area contributed by atoms with Crippen LogP contribution in [0.4, 0.5) is 0 Å². The monoisotopic (exact) mass is 246 g/mol. The van der Waals surface area contributed by atoms with E-state index in [0.717, 1.165) is 0 Å². The maximum Gasteiger partial charge on any atom is 0.168 e. The van der Waals surface area contributed by atoms with Crippen LogP contribution in [0.5, 0.6) is 17.2 Å². The molecule has 1 aromatic rings. The second-order valence-corrected chi connectivity index (χ2v) is 2.99. The second-order valence-electron chi connectivity index (χ2n) is 2.43. The fourth-order valence-electron chi connectivity index (χ4n) is 1.11. The average molecular weight is 247 g/mol. The van der Waals surface area contributed by atoms with Crippen molar-refractivity contribution in [3.8, 4) is 17.2 Å². The Hall–Kier alpha value is -0.900. The molecule has 0 saturated heterocycles. The van der Waals surface area contributed by atoms with E-state index in [1.54, 1.807) is 26.4 Å². The van der Waals surface area contributed by atoms with Crippen LogP contribution in [0.25, 0.3) is 0 Å². The molecule has 0 aromatic heterocycles. The molecule has 0 heterocycles. The van der Waals surface area contributed by atoms with Crippen LogP contribution in [0.15, 0.2) is 12.1 Å². The third-order valence-corrected chi connectivity index (χ3v) is 2.32. The lowest BCUT2D eigenvalue weighted by Crippen LogP contribution is -1.94. The maximum absolute atomic E-state index is 9.48. The van der Waals surface area contributed by atoms with E-state index in [1.165, 1.54) is 0 Å². The summed E-state index contributed by atoms with van der Waals surface area (Å²) in [6, 6.07) is 3.25. The number of phenols is 1. The summed E-state index contributed by atoms with van der Waals surface area (Å²) in [5.41, 5.74) is 0.696. The predicted molar refractivity (Wildman–Crippen MR) is 53.8 cm³/mol. The van der Waals surface area contributed by atoms with E-state index in [-0.39, 0.29) is 5.75 Å². The molecule has 3 nitrogen and oxygen atoms in total. The Morgan fingerprint density at radius 3 is 2.46 bits per heavy atom. The lowest BCUT2D eigenvalue weighted by molar-refractivity contribution is 0.348. The van der Waals surface area contributed by atoms with Gasteiger partial charge in [0.2, 0.25) is 0 Å². The Morgan fingerprint density at radius 1 is 1.31 bits per heavy atom. The molecule has 0 aliphatic carbocycles. The number of hydrogen-bond acceptors (Lipinski definition) is 3. The van der Waals surface area contributed by atoms with Crippen molar-refractivity contribution in [2.75, 3.05) is 14.2 Å². The largest absolute Gasteiger partial charge is 0.507 e. The van der Waals surface area contributed by atoms with Crippen LogP contribution in [-0.2, 0) is 5.33 Å². The first-order valence-corrected chi connectivity index (χ1v) is 4.85. The Morgan fingerprint density at radius 2 is 2.00 bits per heavy atom. The van der Waals surface area contributed by atoms with Crippen molar-refractivity contribution in [2.24, 2.45) is 0 Å². The van der Waals surface area contributed by atoms with Gasteiger partial charge in [0.25, 0.3) is 0 Å². The molecule has 0 aliphatic rings. The van der Waals surface area contributed by atoms with Gasteiger partial charge in [-0.1, -0.05) is 15.9 Å². The molecule has 1 rings (SSSR count). The SMILES string of the molecule is COc1ccc(O)c(CBr)c1OC. The minimum Gasteiger partial charge on any atom is -0.507 e. The number of rotatable bonds is 3. The molecule has 72 valence electrons. The van der Waals surface area contributed by atoms with Crippen molar-refractivity contribution in [3.63, 3.8) is 0 Å². The summed E-state index contributed by atoms with van der Waals surface area (Å²) in [7, 11) is 3.11. The highest BCUT2D eigenvalue weighted by molar-refractivity contribution is 9.08. The Labute approximate surface area is 85.4 Å². The van der Waals surface area contributed by atoms with Crippen molar-refractivity contribution in [2.45, 2.75) is 5.33 Å². The topological polar surface area (TPSA) is 38.7 Å². The number of halogens is 1. The number of aromatic hydroxyl groups is 1. The van der Waals surface area contributed by atoms with Gasteiger partial charge in [-0.3, -0.25) is 0 Å². The smallest absolute Gasteiger partial charge is 0.168 e. The van der Waals surface area contributed by atoms with Gasteiger partial charge < -0.3 is 14.6 Å². The molecule has 0 amide bonds. The summed E-state index contributed by atoms with van der Waals surface area (Å²) in [6.07, 6.45) is 0. The highest BCUT2D eigenvalue weighted by Crippen LogP contribution is 2.37. The third-order valence-electron chi connectivity index (χ3n) is 1.76. The molecule has 0 unspecified atom stereocenters. The van der Waals surface area contributed by atoms with Crippen LogP contribution < -0.4 is 9.47 Å². The molecular formula is C9H11BrO3. The summed E-state index contributed by atoms with van der Waals surface area (Å²) in [4.78, 5) is 0. The minimum atomic E-state index is 0.203. The van der Waals surface area contributed by atoms with E-state index >= 15 is 0 Å². The van der Waals surface area contributed by atoms with Gasteiger partial charge in [-0.05, 0) is 12.1 Å². The van der Waals surface area contributed by atoms with Crippen molar-refractivity contribution in [1.82, 2.24) is 0 Å². The van der Waals surface area contributed by atoms with Gasteiger partial charge in [0.1, 0.15) is 5.75 Å². The number of alkyl halides is 1. The lowest BCUT2D eigenvalue weighted by Gasteiger charge is -2.11. The summed E-state index contributed by atoms with van der Waals surface area (Å²) in [5.74, 6) is 1.39. The molecule has 0 saturated carbocycles. The molecule has 0 fully saturated rings. The zero-order chi connectivity index (χ0) is 9.84. The molecule has 1 N–H and O–H groups in total. The average Bonchev–Trinajstić information content (AvgIpc) is 2.17.